The van der Waals surface area contributed by atoms with Crippen molar-refractivity contribution >= 4 is 76.2 Å². The van der Waals surface area contributed by atoms with E-state index < -0.39 is 0 Å². The molecule has 0 saturated carbocycles. The number of para-hydroxylation sites is 2. The minimum atomic E-state index is 0.822. The van der Waals surface area contributed by atoms with Crippen LogP contribution in [0.2, 0.25) is 0 Å². The summed E-state index contributed by atoms with van der Waals surface area (Å²) in [5, 5.41) is 9.45. The Balaban J connectivity index is 1.10. The van der Waals surface area contributed by atoms with Crippen LogP contribution in [0.5, 0.6) is 0 Å². The Hall–Kier alpha value is -8.34. The van der Waals surface area contributed by atoms with Gasteiger partial charge in [-0.2, -0.15) is 0 Å². The fourth-order valence-corrected chi connectivity index (χ4v) is 11.8. The van der Waals surface area contributed by atoms with Crippen LogP contribution in [-0.2, 0) is 0 Å². The molecule has 13 aromatic rings. The van der Waals surface area contributed by atoms with Gasteiger partial charge in [-0.05, 0) is 151 Å². The van der Waals surface area contributed by atoms with Crippen molar-refractivity contribution in [1.29, 1.82) is 0 Å². The van der Waals surface area contributed by atoms with Gasteiger partial charge in [0.05, 0.1) is 45.0 Å². The van der Waals surface area contributed by atoms with Gasteiger partial charge < -0.3 is 9.13 Å². The zero-order chi connectivity index (χ0) is 45.9. The zero-order valence-corrected chi connectivity index (χ0v) is 39.1. The molecular weight excluding hydrogens is 825 g/mol. The molecule has 10 aromatic carbocycles. The molecule has 3 aromatic heterocycles. The third kappa shape index (κ3) is 6.07. The lowest BCUT2D eigenvalue weighted by atomic mass is 9.93. The Kier molecular flexibility index (Phi) is 8.88. The van der Waals surface area contributed by atoms with Crippen LogP contribution in [0.25, 0.3) is 121 Å². The molecular formula is C64H48N4. The number of rotatable bonds is 5. The molecule has 0 aliphatic rings. The van der Waals surface area contributed by atoms with Gasteiger partial charge in [0.2, 0.25) is 0 Å². The lowest BCUT2D eigenvalue weighted by Crippen LogP contribution is -2.01. The summed E-state index contributed by atoms with van der Waals surface area (Å²) < 4.78 is 4.89. The van der Waals surface area contributed by atoms with E-state index in [0.29, 0.717) is 0 Å². The topological polar surface area (TPSA) is 35.6 Å². The molecule has 0 unspecified atom stereocenters. The Morgan fingerprint density at radius 1 is 0.324 bits per heavy atom. The van der Waals surface area contributed by atoms with Crippen LogP contribution < -0.4 is 0 Å². The second kappa shape index (κ2) is 15.1. The van der Waals surface area contributed by atoms with Crippen LogP contribution in [0.4, 0.5) is 0 Å². The third-order valence-corrected chi connectivity index (χ3v) is 14.4. The third-order valence-electron chi connectivity index (χ3n) is 14.4. The van der Waals surface area contributed by atoms with Crippen LogP contribution >= 0.6 is 0 Å². The highest BCUT2D eigenvalue weighted by Gasteiger charge is 2.21. The zero-order valence-electron chi connectivity index (χ0n) is 39.1. The highest BCUT2D eigenvalue weighted by Crippen LogP contribution is 2.42. The van der Waals surface area contributed by atoms with Crippen molar-refractivity contribution in [1.82, 2.24) is 19.1 Å². The fraction of sp³-hybridized carbons (Fsp3) is 0.0938. The number of hydrogen-bond donors (Lipinski definition) is 0. The molecule has 0 spiro atoms. The molecule has 4 nitrogen and oxygen atoms in total. The number of aromatic nitrogens is 4. The molecule has 68 heavy (non-hydrogen) atoms. The summed E-state index contributed by atoms with van der Waals surface area (Å²) in [7, 11) is 0. The summed E-state index contributed by atoms with van der Waals surface area (Å²) in [5.74, 6) is 0. The molecule has 0 radical (unpaired) electrons. The van der Waals surface area contributed by atoms with E-state index in [0.717, 1.165) is 66.5 Å². The van der Waals surface area contributed by atoms with E-state index in [-0.39, 0.29) is 0 Å². The minimum Gasteiger partial charge on any atom is -0.309 e. The van der Waals surface area contributed by atoms with Crippen LogP contribution in [0.3, 0.4) is 0 Å². The smallest absolute Gasteiger partial charge is 0.0979 e. The molecule has 4 heteroatoms. The summed E-state index contributed by atoms with van der Waals surface area (Å²) in [5.41, 5.74) is 23.2. The van der Waals surface area contributed by atoms with Gasteiger partial charge in [-0.1, -0.05) is 132 Å². The normalized spacial score (nSPS) is 12.0. The highest BCUT2D eigenvalue weighted by molar-refractivity contribution is 6.23. The molecule has 324 valence electrons. The molecule has 0 amide bonds. The van der Waals surface area contributed by atoms with Crippen molar-refractivity contribution in [3.8, 4) is 44.9 Å². The van der Waals surface area contributed by atoms with Gasteiger partial charge in [-0.25, -0.2) is 4.98 Å². The molecule has 0 aliphatic heterocycles. The number of fused-ring (bicyclic) bond motifs is 12. The first-order valence-corrected chi connectivity index (χ1v) is 23.6. The first-order chi connectivity index (χ1) is 33.2. The second-order valence-electron chi connectivity index (χ2n) is 19.0. The first-order valence-electron chi connectivity index (χ1n) is 23.6. The van der Waals surface area contributed by atoms with Gasteiger partial charge in [-0.15, -0.1) is 0 Å². The Morgan fingerprint density at radius 2 is 0.721 bits per heavy atom. The predicted octanol–water partition coefficient (Wildman–Crippen LogP) is 17.0. The summed E-state index contributed by atoms with van der Waals surface area (Å²) in [6.07, 6.45) is 1.97. The molecule has 0 fully saturated rings. The highest BCUT2D eigenvalue weighted by atomic mass is 15.0. The molecule has 0 aliphatic carbocycles. The summed E-state index contributed by atoms with van der Waals surface area (Å²) in [6, 6.07) is 65.1. The molecule has 3 heterocycles. The van der Waals surface area contributed by atoms with Crippen molar-refractivity contribution < 1.29 is 0 Å². The SMILES string of the molecule is Cc1cc(C)c(-c2ccc3c(c2)c2ccccc2n3-c2cc(-c3cnc4c5ccccc5c5ccccc5c4n3)cc(-n3c4ccccc4c4cc(-c5c(C)cc(C)cc5C)ccc43)c2)c(C)c1. The Morgan fingerprint density at radius 3 is 1.19 bits per heavy atom. The van der Waals surface area contributed by atoms with Crippen molar-refractivity contribution in [3.63, 3.8) is 0 Å². The van der Waals surface area contributed by atoms with E-state index >= 15 is 0 Å². The lowest BCUT2D eigenvalue weighted by molar-refractivity contribution is 1.13. The van der Waals surface area contributed by atoms with Crippen LogP contribution in [0.1, 0.15) is 33.4 Å². The minimum absolute atomic E-state index is 0.822. The molecule has 13 rings (SSSR count). The van der Waals surface area contributed by atoms with Gasteiger partial charge in [0.1, 0.15) is 0 Å². The predicted molar refractivity (Wildman–Crippen MR) is 288 cm³/mol. The van der Waals surface area contributed by atoms with Gasteiger partial charge in [-0.3, -0.25) is 4.98 Å². The fourth-order valence-electron chi connectivity index (χ4n) is 11.8. The number of aryl methyl sites for hydroxylation is 6. The molecule has 0 atom stereocenters. The van der Waals surface area contributed by atoms with Crippen molar-refractivity contribution in [2.24, 2.45) is 0 Å². The summed E-state index contributed by atoms with van der Waals surface area (Å²) >= 11 is 0. The standard InChI is InChI=1S/C64H48N4/c1-37-27-39(3)61(40(4)28-37)43-23-25-59-54(33-43)50-17-11-13-21-57(50)67(59)46-31-45(56-36-65-63-52-19-9-7-15-48(52)49-16-8-10-20-53(49)64(63)66-56)32-47(35-46)68-58-22-14-12-18-51(58)55-34-44(24-26-60(55)68)62-41(5)29-38(2)30-42(62)6/h7-36H,1-6H3. The molecule has 0 bridgehead atoms. The van der Waals surface area contributed by atoms with Crippen molar-refractivity contribution in [3.05, 3.63) is 216 Å². The van der Waals surface area contributed by atoms with E-state index in [2.05, 4.69) is 227 Å². The first kappa shape index (κ1) is 40.0. The Bertz CT molecular complexity index is 4000. The maximum atomic E-state index is 5.57. The van der Waals surface area contributed by atoms with Gasteiger partial charge >= 0.3 is 0 Å². The second-order valence-corrected chi connectivity index (χ2v) is 19.0. The lowest BCUT2D eigenvalue weighted by Gasteiger charge is -2.17. The van der Waals surface area contributed by atoms with Crippen LogP contribution in [0, 0.1) is 41.5 Å². The number of hydrogen-bond acceptors (Lipinski definition) is 2. The van der Waals surface area contributed by atoms with Gasteiger partial charge in [0, 0.05) is 49.3 Å². The van der Waals surface area contributed by atoms with Crippen LogP contribution in [0.15, 0.2) is 182 Å². The van der Waals surface area contributed by atoms with E-state index in [1.165, 1.54) is 88.0 Å². The quantitative estimate of drug-likeness (QED) is 0.162. The van der Waals surface area contributed by atoms with Gasteiger partial charge in [0.25, 0.3) is 0 Å². The van der Waals surface area contributed by atoms with Crippen molar-refractivity contribution in [2.45, 2.75) is 41.5 Å². The van der Waals surface area contributed by atoms with E-state index in [4.69, 9.17) is 9.97 Å². The van der Waals surface area contributed by atoms with Crippen LogP contribution in [-0.4, -0.2) is 19.1 Å². The largest absolute Gasteiger partial charge is 0.309 e. The maximum absolute atomic E-state index is 5.57. The average Bonchev–Trinajstić information content (AvgIpc) is 3.85. The van der Waals surface area contributed by atoms with E-state index in [1.54, 1.807) is 0 Å². The number of benzene rings is 10. The van der Waals surface area contributed by atoms with Gasteiger partial charge in [0.15, 0.2) is 0 Å². The van der Waals surface area contributed by atoms with E-state index in [9.17, 15) is 0 Å². The van der Waals surface area contributed by atoms with E-state index in [1.807, 2.05) is 6.20 Å². The average molecular weight is 873 g/mol. The Labute approximate surface area is 395 Å². The van der Waals surface area contributed by atoms with Crippen molar-refractivity contribution in [2.75, 3.05) is 0 Å². The maximum Gasteiger partial charge on any atom is 0.0979 e. The summed E-state index contributed by atoms with van der Waals surface area (Å²) in [4.78, 5) is 10.8. The monoisotopic (exact) mass is 872 g/mol. The summed E-state index contributed by atoms with van der Waals surface area (Å²) in [6.45, 7) is 13.3. The molecule has 0 saturated heterocycles. The molecule has 0 N–H and O–H groups in total. The number of nitrogens with zero attached hydrogens (tertiary/aromatic N) is 4.